The maximum Gasteiger partial charge on any atom is 0.187 e. The molecular formula is C17H16INO2. The number of para-hydroxylation sites is 1. The van der Waals surface area contributed by atoms with Gasteiger partial charge in [0.25, 0.3) is 0 Å². The first kappa shape index (κ1) is 15.6. The summed E-state index contributed by atoms with van der Waals surface area (Å²) in [5.41, 5.74) is 2.44. The summed E-state index contributed by atoms with van der Waals surface area (Å²) < 4.78 is 6.19. The Hall–Kier alpha value is -1.82. The third-order valence-corrected chi connectivity index (χ3v) is 3.87. The summed E-state index contributed by atoms with van der Waals surface area (Å²) in [7, 11) is 1.60. The van der Waals surface area contributed by atoms with E-state index in [1.807, 2.05) is 31.2 Å². The van der Waals surface area contributed by atoms with Crippen LogP contribution < -0.4 is 10.1 Å². The zero-order valence-electron chi connectivity index (χ0n) is 11.9. The second-order valence-corrected chi connectivity index (χ2v) is 5.69. The minimum Gasteiger partial charge on any atom is -0.497 e. The van der Waals surface area contributed by atoms with Crippen molar-refractivity contribution in [2.24, 2.45) is 0 Å². The molecule has 0 heterocycles. The van der Waals surface area contributed by atoms with Crippen LogP contribution in [0.1, 0.15) is 17.3 Å². The maximum atomic E-state index is 12.2. The van der Waals surface area contributed by atoms with Crippen LogP contribution in [0.3, 0.4) is 0 Å². The van der Waals surface area contributed by atoms with E-state index in [2.05, 4.69) is 27.9 Å². The number of carbonyl (C=O) groups is 1. The highest BCUT2D eigenvalue weighted by Gasteiger charge is 2.04. The number of allylic oxidation sites excluding steroid dienone is 2. The third-order valence-electron chi connectivity index (χ3n) is 2.93. The molecule has 108 valence electrons. The molecule has 0 atom stereocenters. The van der Waals surface area contributed by atoms with Gasteiger partial charge in [0, 0.05) is 20.9 Å². The number of nitrogens with one attached hydrogen (secondary N) is 1. The molecule has 21 heavy (non-hydrogen) atoms. The molecule has 0 aliphatic heterocycles. The first-order valence-corrected chi connectivity index (χ1v) is 7.56. The second-order valence-electron chi connectivity index (χ2n) is 4.52. The van der Waals surface area contributed by atoms with E-state index in [1.165, 1.54) is 0 Å². The number of hydrogen-bond donors (Lipinski definition) is 1. The summed E-state index contributed by atoms with van der Waals surface area (Å²) >= 11 is 2.26. The fourth-order valence-corrected chi connectivity index (χ4v) is 2.37. The molecular weight excluding hydrogens is 377 g/mol. The molecule has 4 heteroatoms. The van der Waals surface area contributed by atoms with Crippen molar-refractivity contribution in [2.45, 2.75) is 6.92 Å². The quantitative estimate of drug-likeness (QED) is 0.462. The van der Waals surface area contributed by atoms with Crippen molar-refractivity contribution in [3.8, 4) is 5.75 Å². The smallest absolute Gasteiger partial charge is 0.187 e. The van der Waals surface area contributed by atoms with Gasteiger partial charge in [-0.2, -0.15) is 0 Å². The Labute approximate surface area is 138 Å². The van der Waals surface area contributed by atoms with Gasteiger partial charge in [0.15, 0.2) is 5.78 Å². The number of methoxy groups -OCH3 is 1. The Kier molecular flexibility index (Phi) is 5.38. The van der Waals surface area contributed by atoms with Gasteiger partial charge >= 0.3 is 0 Å². The topological polar surface area (TPSA) is 38.3 Å². The number of ether oxygens (including phenoxy) is 1. The molecule has 2 aromatic carbocycles. The normalized spacial score (nSPS) is 11.1. The molecule has 3 nitrogen and oxygen atoms in total. The molecule has 0 aliphatic rings. The van der Waals surface area contributed by atoms with Crippen molar-refractivity contribution >= 4 is 34.1 Å². The SMILES string of the molecule is COc1ccc(C(=O)/C=C(/C)Nc2ccccc2I)cc1. The van der Waals surface area contributed by atoms with Crippen LogP contribution in [0, 0.1) is 3.57 Å². The summed E-state index contributed by atoms with van der Waals surface area (Å²) in [5.74, 6) is 0.706. The number of benzene rings is 2. The van der Waals surface area contributed by atoms with Gasteiger partial charge in [0.2, 0.25) is 0 Å². The molecule has 0 bridgehead atoms. The van der Waals surface area contributed by atoms with Crippen LogP contribution >= 0.6 is 22.6 Å². The Balaban J connectivity index is 2.10. The monoisotopic (exact) mass is 393 g/mol. The van der Waals surface area contributed by atoms with Crippen LogP contribution in [0.5, 0.6) is 5.75 Å². The summed E-state index contributed by atoms with van der Waals surface area (Å²) in [6.07, 6.45) is 1.60. The van der Waals surface area contributed by atoms with Gasteiger partial charge in [-0.25, -0.2) is 0 Å². The van der Waals surface area contributed by atoms with Crippen molar-refractivity contribution in [2.75, 3.05) is 12.4 Å². The molecule has 1 N–H and O–H groups in total. The molecule has 0 saturated carbocycles. The number of halogens is 1. The highest BCUT2D eigenvalue weighted by molar-refractivity contribution is 14.1. The van der Waals surface area contributed by atoms with Crippen LogP contribution in [-0.2, 0) is 0 Å². The van der Waals surface area contributed by atoms with Crippen molar-refractivity contribution in [3.05, 3.63) is 69.4 Å². The second kappa shape index (κ2) is 7.26. The Morgan fingerprint density at radius 3 is 2.43 bits per heavy atom. The van der Waals surface area contributed by atoms with Gasteiger partial charge in [0.05, 0.1) is 12.8 Å². The van der Waals surface area contributed by atoms with E-state index in [9.17, 15) is 4.79 Å². The van der Waals surface area contributed by atoms with Crippen LogP contribution in [0.2, 0.25) is 0 Å². The van der Waals surface area contributed by atoms with Gasteiger partial charge in [-0.3, -0.25) is 4.79 Å². The van der Waals surface area contributed by atoms with E-state index >= 15 is 0 Å². The summed E-state index contributed by atoms with van der Waals surface area (Å²) in [6, 6.07) is 15.0. The number of carbonyl (C=O) groups excluding carboxylic acids is 1. The van der Waals surface area contributed by atoms with Crippen LogP contribution in [-0.4, -0.2) is 12.9 Å². The molecule has 2 rings (SSSR count). The summed E-state index contributed by atoms with van der Waals surface area (Å²) in [4.78, 5) is 12.2. The van der Waals surface area contributed by atoms with E-state index < -0.39 is 0 Å². The lowest BCUT2D eigenvalue weighted by atomic mass is 10.1. The van der Waals surface area contributed by atoms with Gasteiger partial charge in [0.1, 0.15) is 5.75 Å². The first-order chi connectivity index (χ1) is 10.1. The minimum atomic E-state index is -0.0337. The molecule has 0 spiro atoms. The molecule has 0 aromatic heterocycles. The van der Waals surface area contributed by atoms with Crippen molar-refractivity contribution < 1.29 is 9.53 Å². The minimum absolute atomic E-state index is 0.0337. The predicted molar refractivity (Wildman–Crippen MR) is 93.9 cm³/mol. The Morgan fingerprint density at radius 1 is 1.14 bits per heavy atom. The zero-order valence-corrected chi connectivity index (χ0v) is 14.0. The average molecular weight is 393 g/mol. The van der Waals surface area contributed by atoms with Crippen molar-refractivity contribution in [1.29, 1.82) is 0 Å². The molecule has 0 fully saturated rings. The highest BCUT2D eigenvalue weighted by atomic mass is 127. The third kappa shape index (κ3) is 4.32. The maximum absolute atomic E-state index is 12.2. The molecule has 2 aromatic rings. The van der Waals surface area contributed by atoms with Gasteiger partial charge < -0.3 is 10.1 Å². The average Bonchev–Trinajstić information content (AvgIpc) is 2.49. The Bertz CT molecular complexity index is 663. The standard InChI is InChI=1S/C17H16INO2/c1-12(19-16-6-4-3-5-15(16)18)11-17(20)13-7-9-14(21-2)10-8-13/h3-11,19H,1-2H3/b12-11-. The fraction of sp³-hybridized carbons (Fsp3) is 0.118. The summed E-state index contributed by atoms with van der Waals surface area (Å²) in [5, 5.41) is 3.24. The lowest BCUT2D eigenvalue weighted by molar-refractivity contribution is 0.104. The number of rotatable bonds is 5. The van der Waals surface area contributed by atoms with E-state index in [0.29, 0.717) is 5.56 Å². The van der Waals surface area contributed by atoms with Crippen molar-refractivity contribution in [1.82, 2.24) is 0 Å². The predicted octanol–water partition coefficient (Wildman–Crippen LogP) is 4.50. The largest absolute Gasteiger partial charge is 0.497 e. The Morgan fingerprint density at radius 2 is 1.81 bits per heavy atom. The molecule has 0 saturated heterocycles. The number of ketones is 1. The van der Waals surface area contributed by atoms with Gasteiger partial charge in [-0.1, -0.05) is 12.1 Å². The first-order valence-electron chi connectivity index (χ1n) is 6.48. The van der Waals surface area contributed by atoms with Gasteiger partial charge in [-0.05, 0) is 65.9 Å². The van der Waals surface area contributed by atoms with Crippen molar-refractivity contribution in [3.63, 3.8) is 0 Å². The van der Waals surface area contributed by atoms with E-state index in [1.54, 1.807) is 37.5 Å². The molecule has 0 radical (unpaired) electrons. The van der Waals surface area contributed by atoms with E-state index in [4.69, 9.17) is 4.74 Å². The molecule has 0 amide bonds. The van der Waals surface area contributed by atoms with E-state index in [0.717, 1.165) is 20.7 Å². The van der Waals surface area contributed by atoms with Crippen LogP contribution in [0.15, 0.2) is 60.3 Å². The lowest BCUT2D eigenvalue weighted by Crippen LogP contribution is -2.02. The van der Waals surface area contributed by atoms with Crippen LogP contribution in [0.25, 0.3) is 0 Å². The zero-order chi connectivity index (χ0) is 15.2. The van der Waals surface area contributed by atoms with Crippen LogP contribution in [0.4, 0.5) is 5.69 Å². The number of hydrogen-bond acceptors (Lipinski definition) is 3. The molecule has 0 aliphatic carbocycles. The fourth-order valence-electron chi connectivity index (χ4n) is 1.85. The lowest BCUT2D eigenvalue weighted by Gasteiger charge is -2.08. The molecule has 0 unspecified atom stereocenters. The highest BCUT2D eigenvalue weighted by Crippen LogP contribution is 2.19. The van der Waals surface area contributed by atoms with Gasteiger partial charge in [-0.15, -0.1) is 0 Å². The number of anilines is 1. The van der Waals surface area contributed by atoms with E-state index in [-0.39, 0.29) is 5.78 Å². The summed E-state index contributed by atoms with van der Waals surface area (Å²) in [6.45, 7) is 1.88.